The Kier molecular flexibility index (Phi) is 4.60. The van der Waals surface area contributed by atoms with Gasteiger partial charge in [-0.25, -0.2) is 4.39 Å². The maximum absolute atomic E-state index is 12.9. The van der Waals surface area contributed by atoms with Gasteiger partial charge < -0.3 is 10.6 Å². The molecule has 3 nitrogen and oxygen atoms in total. The third kappa shape index (κ3) is 3.71. The number of hydrogen-bond acceptors (Lipinski definition) is 3. The first-order valence-electron chi connectivity index (χ1n) is 6.02. The van der Waals surface area contributed by atoms with Gasteiger partial charge in [-0.2, -0.15) is 11.8 Å². The van der Waals surface area contributed by atoms with Crippen LogP contribution in [0, 0.1) is 12.7 Å². The second-order valence-corrected chi connectivity index (χ2v) is 5.59. The number of nitrogens with one attached hydrogen (secondary N) is 2. The number of halogens is 1. The summed E-state index contributed by atoms with van der Waals surface area (Å²) in [5.74, 6) is 1.77. The molecule has 1 fully saturated rings. The molecule has 0 bridgehead atoms. The van der Waals surface area contributed by atoms with E-state index in [-0.39, 0.29) is 17.8 Å². The molecule has 0 spiro atoms. The van der Waals surface area contributed by atoms with Gasteiger partial charge in [-0.05, 0) is 30.7 Å². The second-order valence-electron chi connectivity index (χ2n) is 4.44. The van der Waals surface area contributed by atoms with Crippen LogP contribution in [0.4, 0.5) is 10.1 Å². The minimum Gasteiger partial charge on any atom is -0.326 e. The van der Waals surface area contributed by atoms with Crippen molar-refractivity contribution in [3.63, 3.8) is 0 Å². The zero-order valence-corrected chi connectivity index (χ0v) is 11.1. The van der Waals surface area contributed by atoms with Gasteiger partial charge in [0, 0.05) is 36.2 Å². The summed E-state index contributed by atoms with van der Waals surface area (Å²) >= 11 is 1.86. The van der Waals surface area contributed by atoms with E-state index in [4.69, 9.17) is 0 Å². The number of carbonyl (C=O) groups is 1. The molecule has 0 saturated carbocycles. The molecule has 18 heavy (non-hydrogen) atoms. The molecule has 1 aliphatic rings. The highest BCUT2D eigenvalue weighted by atomic mass is 32.2. The number of aryl methyl sites for hydroxylation is 1. The largest absolute Gasteiger partial charge is 0.326 e. The monoisotopic (exact) mass is 268 g/mol. The van der Waals surface area contributed by atoms with E-state index in [0.717, 1.165) is 23.6 Å². The van der Waals surface area contributed by atoms with E-state index in [9.17, 15) is 9.18 Å². The van der Waals surface area contributed by atoms with Gasteiger partial charge in [0.2, 0.25) is 5.91 Å². The van der Waals surface area contributed by atoms with Gasteiger partial charge >= 0.3 is 0 Å². The summed E-state index contributed by atoms with van der Waals surface area (Å²) in [6.07, 6.45) is 0.462. The van der Waals surface area contributed by atoms with Crippen LogP contribution in [0.2, 0.25) is 0 Å². The molecular formula is C13H17FN2OS. The first-order chi connectivity index (χ1) is 8.65. The van der Waals surface area contributed by atoms with Crippen molar-refractivity contribution in [1.82, 2.24) is 5.32 Å². The SMILES string of the molecule is Cc1cc(F)ccc1NC(=O)CC1CSCCN1. The van der Waals surface area contributed by atoms with Crippen LogP contribution in [0.15, 0.2) is 18.2 Å². The topological polar surface area (TPSA) is 41.1 Å². The van der Waals surface area contributed by atoms with Gasteiger partial charge in [-0.15, -0.1) is 0 Å². The lowest BCUT2D eigenvalue weighted by Crippen LogP contribution is -2.39. The number of benzene rings is 1. The maximum atomic E-state index is 12.9. The third-order valence-electron chi connectivity index (χ3n) is 2.89. The summed E-state index contributed by atoms with van der Waals surface area (Å²) < 4.78 is 12.9. The fourth-order valence-corrected chi connectivity index (χ4v) is 2.89. The van der Waals surface area contributed by atoms with Gasteiger partial charge in [0.05, 0.1) is 0 Å². The lowest BCUT2D eigenvalue weighted by atomic mass is 10.1. The van der Waals surface area contributed by atoms with Crippen LogP contribution in [-0.4, -0.2) is 30.0 Å². The van der Waals surface area contributed by atoms with Crippen LogP contribution in [0.25, 0.3) is 0 Å². The molecule has 2 N–H and O–H groups in total. The third-order valence-corrected chi connectivity index (χ3v) is 4.02. The summed E-state index contributed by atoms with van der Waals surface area (Å²) in [7, 11) is 0. The Morgan fingerprint density at radius 3 is 3.11 bits per heavy atom. The molecule has 1 saturated heterocycles. The molecule has 1 aliphatic heterocycles. The van der Waals surface area contributed by atoms with E-state index in [1.54, 1.807) is 13.0 Å². The van der Waals surface area contributed by atoms with E-state index in [1.807, 2.05) is 11.8 Å². The van der Waals surface area contributed by atoms with Crippen molar-refractivity contribution in [2.24, 2.45) is 0 Å². The Morgan fingerprint density at radius 2 is 2.44 bits per heavy atom. The molecule has 1 amide bonds. The first-order valence-corrected chi connectivity index (χ1v) is 7.18. The van der Waals surface area contributed by atoms with Crippen LogP contribution in [0.3, 0.4) is 0 Å². The zero-order chi connectivity index (χ0) is 13.0. The van der Waals surface area contributed by atoms with E-state index in [2.05, 4.69) is 10.6 Å². The molecule has 98 valence electrons. The number of thioether (sulfide) groups is 1. The maximum Gasteiger partial charge on any atom is 0.225 e. The molecule has 0 aromatic heterocycles. The standard InChI is InChI=1S/C13H17FN2OS/c1-9-6-10(14)2-3-12(9)16-13(17)7-11-8-18-5-4-15-11/h2-3,6,11,15H,4-5,7-8H2,1H3,(H,16,17). The van der Waals surface area contributed by atoms with Crippen molar-refractivity contribution >= 4 is 23.4 Å². The Hall–Kier alpha value is -1.07. The van der Waals surface area contributed by atoms with E-state index in [1.165, 1.54) is 12.1 Å². The van der Waals surface area contributed by atoms with Gasteiger partial charge in [0.25, 0.3) is 0 Å². The Balaban J connectivity index is 1.90. The molecule has 0 radical (unpaired) electrons. The Labute approximate surface area is 111 Å². The Morgan fingerprint density at radius 1 is 1.61 bits per heavy atom. The van der Waals surface area contributed by atoms with Crippen molar-refractivity contribution < 1.29 is 9.18 Å². The van der Waals surface area contributed by atoms with Crippen LogP contribution < -0.4 is 10.6 Å². The van der Waals surface area contributed by atoms with E-state index < -0.39 is 0 Å². The molecular weight excluding hydrogens is 251 g/mol. The quantitative estimate of drug-likeness (QED) is 0.882. The van der Waals surface area contributed by atoms with Crippen molar-refractivity contribution in [3.8, 4) is 0 Å². The summed E-state index contributed by atoms with van der Waals surface area (Å²) in [6, 6.07) is 4.62. The van der Waals surface area contributed by atoms with Crippen molar-refractivity contribution in [3.05, 3.63) is 29.6 Å². The molecule has 5 heteroatoms. The van der Waals surface area contributed by atoms with Crippen molar-refractivity contribution in [2.75, 3.05) is 23.4 Å². The van der Waals surface area contributed by atoms with Crippen LogP contribution >= 0.6 is 11.8 Å². The number of rotatable bonds is 3. The molecule has 0 aliphatic carbocycles. The zero-order valence-electron chi connectivity index (χ0n) is 10.3. The van der Waals surface area contributed by atoms with Gasteiger partial charge in [0.1, 0.15) is 5.82 Å². The van der Waals surface area contributed by atoms with Crippen LogP contribution in [0.1, 0.15) is 12.0 Å². The number of hydrogen-bond donors (Lipinski definition) is 2. The average Bonchev–Trinajstić information content (AvgIpc) is 2.34. The van der Waals surface area contributed by atoms with Gasteiger partial charge in [-0.3, -0.25) is 4.79 Å². The molecule has 2 rings (SSSR count). The average molecular weight is 268 g/mol. The molecule has 1 heterocycles. The summed E-state index contributed by atoms with van der Waals surface area (Å²) in [5.41, 5.74) is 1.43. The predicted molar refractivity (Wildman–Crippen MR) is 73.5 cm³/mol. The van der Waals surface area contributed by atoms with E-state index >= 15 is 0 Å². The summed E-state index contributed by atoms with van der Waals surface area (Å²) in [4.78, 5) is 11.9. The van der Waals surface area contributed by atoms with Crippen molar-refractivity contribution in [2.45, 2.75) is 19.4 Å². The number of carbonyl (C=O) groups excluding carboxylic acids is 1. The molecule has 1 aromatic rings. The number of amides is 1. The summed E-state index contributed by atoms with van der Waals surface area (Å²) in [6.45, 7) is 2.74. The second kappa shape index (κ2) is 6.20. The lowest BCUT2D eigenvalue weighted by Gasteiger charge is -2.22. The molecule has 1 unspecified atom stereocenters. The minimum atomic E-state index is -0.282. The first kappa shape index (κ1) is 13.4. The van der Waals surface area contributed by atoms with Crippen LogP contribution in [0.5, 0.6) is 0 Å². The molecule has 1 atom stereocenters. The Bertz CT molecular complexity index is 433. The van der Waals surface area contributed by atoms with E-state index in [0.29, 0.717) is 12.1 Å². The minimum absolute atomic E-state index is 0.0234. The molecule has 1 aromatic carbocycles. The lowest BCUT2D eigenvalue weighted by molar-refractivity contribution is -0.116. The van der Waals surface area contributed by atoms with Gasteiger partial charge in [0.15, 0.2) is 0 Å². The normalized spacial score (nSPS) is 19.6. The fourth-order valence-electron chi connectivity index (χ4n) is 1.94. The highest BCUT2D eigenvalue weighted by Gasteiger charge is 2.17. The van der Waals surface area contributed by atoms with Crippen LogP contribution in [-0.2, 0) is 4.79 Å². The van der Waals surface area contributed by atoms with Gasteiger partial charge in [-0.1, -0.05) is 0 Å². The predicted octanol–water partition coefficient (Wildman–Crippen LogP) is 2.17. The fraction of sp³-hybridized carbons (Fsp3) is 0.462. The highest BCUT2D eigenvalue weighted by Crippen LogP contribution is 2.17. The smallest absolute Gasteiger partial charge is 0.225 e. The summed E-state index contributed by atoms with van der Waals surface area (Å²) in [5, 5.41) is 6.15. The van der Waals surface area contributed by atoms with Crippen molar-refractivity contribution in [1.29, 1.82) is 0 Å². The highest BCUT2D eigenvalue weighted by molar-refractivity contribution is 7.99. The number of anilines is 1.